The summed E-state index contributed by atoms with van der Waals surface area (Å²) in [6, 6.07) is 0. The fourth-order valence-corrected chi connectivity index (χ4v) is 1.53. The molecule has 2 heteroatoms. The van der Waals surface area contributed by atoms with Crippen molar-refractivity contribution in [3.05, 3.63) is 11.6 Å². The first-order valence-electron chi connectivity index (χ1n) is 4.29. The Morgan fingerprint density at radius 3 is 2.75 bits per heavy atom. The van der Waals surface area contributed by atoms with E-state index >= 15 is 0 Å². The molecule has 0 unspecified atom stereocenters. The Bertz CT molecular complexity index is 226. The van der Waals surface area contributed by atoms with Crippen LogP contribution in [0.4, 0.5) is 0 Å². The molecule has 1 rings (SSSR count). The molecule has 1 aliphatic rings. The molecular weight excluding hydrogens is 150 g/mol. The van der Waals surface area contributed by atoms with E-state index in [0.29, 0.717) is 0 Å². The number of nitrogens with zero attached hydrogens (tertiary/aromatic N) is 1. The lowest BCUT2D eigenvalue weighted by molar-refractivity contribution is 0.369. The second-order valence-corrected chi connectivity index (χ2v) is 4.19. The van der Waals surface area contributed by atoms with E-state index in [-0.39, 0.29) is 5.41 Å². The van der Waals surface area contributed by atoms with Crippen LogP contribution in [0.1, 0.15) is 27.2 Å². The number of rotatable bonds is 0. The van der Waals surface area contributed by atoms with Crippen LogP contribution in [0.2, 0.25) is 0 Å². The van der Waals surface area contributed by atoms with Crippen LogP contribution in [-0.2, 0) is 4.74 Å². The Kier molecular flexibility index (Phi) is 2.55. The Morgan fingerprint density at radius 2 is 2.17 bits per heavy atom. The Labute approximate surface area is 74.3 Å². The van der Waals surface area contributed by atoms with E-state index < -0.39 is 0 Å². The summed E-state index contributed by atoms with van der Waals surface area (Å²) >= 11 is 0. The molecule has 0 bridgehead atoms. The normalized spacial score (nSPS) is 22.3. The lowest BCUT2D eigenvalue weighted by atomic mass is 9.87. The fraction of sp³-hybridized carbons (Fsp3) is 0.700. The summed E-state index contributed by atoms with van der Waals surface area (Å²) in [5.41, 5.74) is 1.62. The predicted molar refractivity (Wildman–Crippen MR) is 51.5 cm³/mol. The predicted octanol–water partition coefficient (Wildman–Crippen LogP) is 2.41. The van der Waals surface area contributed by atoms with Gasteiger partial charge in [0.25, 0.3) is 0 Å². The van der Waals surface area contributed by atoms with E-state index in [1.54, 1.807) is 7.11 Å². The zero-order valence-electron chi connectivity index (χ0n) is 8.35. The number of hydrogen-bond acceptors (Lipinski definition) is 2. The average Bonchev–Trinajstić information content (AvgIpc) is 2.07. The first-order chi connectivity index (χ1) is 5.53. The van der Waals surface area contributed by atoms with Gasteiger partial charge in [-0.05, 0) is 24.8 Å². The van der Waals surface area contributed by atoms with Gasteiger partial charge in [0.15, 0.2) is 0 Å². The standard InChI is InChI=1S/C10H17NO/c1-8-5-9(12-4)11-7-10(2,3)6-8/h5H,6-7H2,1-4H3. The van der Waals surface area contributed by atoms with Gasteiger partial charge in [0.05, 0.1) is 7.11 Å². The van der Waals surface area contributed by atoms with E-state index in [1.165, 1.54) is 5.57 Å². The number of hydrogen-bond donors (Lipinski definition) is 0. The highest BCUT2D eigenvalue weighted by atomic mass is 16.5. The number of methoxy groups -OCH3 is 1. The van der Waals surface area contributed by atoms with Crippen molar-refractivity contribution in [1.82, 2.24) is 0 Å². The van der Waals surface area contributed by atoms with Gasteiger partial charge in [0.1, 0.15) is 0 Å². The summed E-state index contributed by atoms with van der Waals surface area (Å²) in [5.74, 6) is 0.762. The fourth-order valence-electron chi connectivity index (χ4n) is 1.53. The van der Waals surface area contributed by atoms with Gasteiger partial charge in [0.2, 0.25) is 5.90 Å². The molecule has 0 N–H and O–H groups in total. The summed E-state index contributed by atoms with van der Waals surface area (Å²) in [4.78, 5) is 4.36. The molecule has 68 valence electrons. The van der Waals surface area contributed by atoms with E-state index in [2.05, 4.69) is 25.8 Å². The second kappa shape index (κ2) is 3.30. The molecule has 0 aromatic rings. The molecular formula is C10H17NO. The van der Waals surface area contributed by atoms with Gasteiger partial charge in [-0.1, -0.05) is 19.4 Å². The van der Waals surface area contributed by atoms with Crippen LogP contribution in [0.5, 0.6) is 0 Å². The van der Waals surface area contributed by atoms with Crippen molar-refractivity contribution in [1.29, 1.82) is 0 Å². The third-order valence-electron chi connectivity index (χ3n) is 2.00. The minimum Gasteiger partial charge on any atom is -0.481 e. The molecule has 1 aliphatic heterocycles. The summed E-state index contributed by atoms with van der Waals surface area (Å²) in [6.45, 7) is 7.44. The quantitative estimate of drug-likeness (QED) is 0.543. The molecule has 0 spiro atoms. The van der Waals surface area contributed by atoms with Crippen LogP contribution in [0.15, 0.2) is 16.6 Å². The lowest BCUT2D eigenvalue weighted by Gasteiger charge is -2.20. The molecule has 1 heterocycles. The topological polar surface area (TPSA) is 21.6 Å². The maximum Gasteiger partial charge on any atom is 0.208 e. The molecule has 0 radical (unpaired) electrons. The minimum absolute atomic E-state index is 0.279. The van der Waals surface area contributed by atoms with E-state index in [0.717, 1.165) is 18.9 Å². The van der Waals surface area contributed by atoms with Gasteiger partial charge in [-0.3, -0.25) is 4.99 Å². The number of ether oxygens (including phenoxy) is 1. The van der Waals surface area contributed by atoms with Crippen LogP contribution < -0.4 is 0 Å². The summed E-state index contributed by atoms with van der Waals surface area (Å²) < 4.78 is 5.11. The Balaban J connectivity index is 2.83. The van der Waals surface area contributed by atoms with Gasteiger partial charge in [-0.25, -0.2) is 0 Å². The average molecular weight is 167 g/mol. The van der Waals surface area contributed by atoms with Crippen molar-refractivity contribution in [3.63, 3.8) is 0 Å². The zero-order chi connectivity index (χ0) is 9.19. The van der Waals surface area contributed by atoms with Crippen molar-refractivity contribution in [2.75, 3.05) is 13.7 Å². The molecule has 0 aliphatic carbocycles. The Hall–Kier alpha value is -0.790. The maximum absolute atomic E-state index is 5.11. The van der Waals surface area contributed by atoms with E-state index in [9.17, 15) is 0 Å². The lowest BCUT2D eigenvalue weighted by Crippen LogP contribution is -2.14. The molecule has 0 aromatic heterocycles. The molecule has 2 nitrogen and oxygen atoms in total. The van der Waals surface area contributed by atoms with Gasteiger partial charge >= 0.3 is 0 Å². The van der Waals surface area contributed by atoms with Gasteiger partial charge < -0.3 is 4.74 Å². The van der Waals surface area contributed by atoms with E-state index in [1.807, 2.05) is 6.08 Å². The van der Waals surface area contributed by atoms with Gasteiger partial charge in [0, 0.05) is 6.54 Å². The first kappa shape index (κ1) is 9.30. The minimum atomic E-state index is 0.279. The monoisotopic (exact) mass is 167 g/mol. The molecule has 0 saturated carbocycles. The van der Waals surface area contributed by atoms with Crippen molar-refractivity contribution in [3.8, 4) is 0 Å². The van der Waals surface area contributed by atoms with Gasteiger partial charge in [-0.2, -0.15) is 0 Å². The second-order valence-electron chi connectivity index (χ2n) is 4.19. The van der Waals surface area contributed by atoms with E-state index in [4.69, 9.17) is 4.74 Å². The third-order valence-corrected chi connectivity index (χ3v) is 2.00. The van der Waals surface area contributed by atoms with Crippen LogP contribution in [0.25, 0.3) is 0 Å². The largest absolute Gasteiger partial charge is 0.481 e. The molecule has 0 amide bonds. The number of aliphatic imine (C=N–C) groups is 1. The highest BCUT2D eigenvalue weighted by molar-refractivity contribution is 5.88. The van der Waals surface area contributed by atoms with Crippen LogP contribution >= 0.6 is 0 Å². The molecule has 0 saturated heterocycles. The number of allylic oxidation sites excluding steroid dienone is 1. The SMILES string of the molecule is COC1=NCC(C)(C)CC(C)=C1. The van der Waals surface area contributed by atoms with Crippen LogP contribution in [0, 0.1) is 5.41 Å². The summed E-state index contributed by atoms with van der Waals surface area (Å²) in [5, 5.41) is 0. The zero-order valence-corrected chi connectivity index (χ0v) is 8.35. The summed E-state index contributed by atoms with van der Waals surface area (Å²) in [7, 11) is 1.67. The molecule has 12 heavy (non-hydrogen) atoms. The van der Waals surface area contributed by atoms with Crippen LogP contribution in [0.3, 0.4) is 0 Å². The highest BCUT2D eigenvalue weighted by Crippen LogP contribution is 2.27. The first-order valence-corrected chi connectivity index (χ1v) is 4.29. The third kappa shape index (κ3) is 2.36. The van der Waals surface area contributed by atoms with Crippen molar-refractivity contribution < 1.29 is 4.74 Å². The smallest absolute Gasteiger partial charge is 0.208 e. The van der Waals surface area contributed by atoms with Crippen molar-refractivity contribution >= 4 is 5.90 Å². The van der Waals surface area contributed by atoms with Crippen molar-refractivity contribution in [2.45, 2.75) is 27.2 Å². The Morgan fingerprint density at radius 1 is 1.50 bits per heavy atom. The maximum atomic E-state index is 5.11. The van der Waals surface area contributed by atoms with Crippen LogP contribution in [-0.4, -0.2) is 19.6 Å². The highest BCUT2D eigenvalue weighted by Gasteiger charge is 2.20. The molecule has 0 atom stereocenters. The van der Waals surface area contributed by atoms with Gasteiger partial charge in [-0.15, -0.1) is 0 Å². The molecule has 0 aromatic carbocycles. The molecule has 0 fully saturated rings. The van der Waals surface area contributed by atoms with Crippen molar-refractivity contribution in [2.24, 2.45) is 10.4 Å². The summed E-state index contributed by atoms with van der Waals surface area (Å²) in [6.07, 6.45) is 3.12.